The van der Waals surface area contributed by atoms with Crippen molar-refractivity contribution < 1.29 is 19.7 Å². The molecule has 2 N–H and O–H groups in total. The number of carboxylic acids is 1. The van der Waals surface area contributed by atoms with Crippen LogP contribution in [0.1, 0.15) is 32.0 Å². The number of methoxy groups -OCH3 is 1. The number of aromatic nitrogens is 1. The molecule has 1 unspecified atom stereocenters. The molecule has 0 fully saturated rings. The van der Waals surface area contributed by atoms with Gasteiger partial charge >= 0.3 is 5.97 Å². The van der Waals surface area contributed by atoms with Gasteiger partial charge in [-0.3, -0.25) is 9.36 Å². The average molecular weight is 305 g/mol. The van der Waals surface area contributed by atoms with Crippen molar-refractivity contribution in [1.29, 1.82) is 0 Å². The number of nitrogens with zero attached hydrogens (tertiary/aromatic N) is 1. The number of benzene rings is 1. The average Bonchev–Trinajstić information content (AvgIpc) is 2.47. The molecule has 0 radical (unpaired) electrons. The number of hydrogen-bond donors (Lipinski definition) is 2. The van der Waals surface area contributed by atoms with Crippen LogP contribution in [0.25, 0.3) is 10.8 Å². The lowest BCUT2D eigenvalue weighted by atomic mass is 10.1. The van der Waals surface area contributed by atoms with Crippen molar-refractivity contribution in [3.05, 3.63) is 34.2 Å². The molecule has 1 aromatic heterocycles. The highest BCUT2D eigenvalue weighted by atomic mass is 16.5. The minimum atomic E-state index is -1.07. The Balaban J connectivity index is 2.89. The molecule has 22 heavy (non-hydrogen) atoms. The molecule has 0 spiro atoms. The van der Waals surface area contributed by atoms with Gasteiger partial charge in [0.25, 0.3) is 5.56 Å². The van der Waals surface area contributed by atoms with Crippen molar-refractivity contribution in [3.8, 4) is 11.5 Å². The van der Waals surface area contributed by atoms with E-state index in [0.29, 0.717) is 22.9 Å². The summed E-state index contributed by atoms with van der Waals surface area (Å²) in [6.07, 6.45) is 1.32. The topological polar surface area (TPSA) is 88.8 Å². The number of hydrogen-bond acceptors (Lipinski definition) is 4. The second-order valence-corrected chi connectivity index (χ2v) is 5.15. The van der Waals surface area contributed by atoms with E-state index >= 15 is 0 Å². The Bertz CT molecular complexity index is 778. The summed E-state index contributed by atoms with van der Waals surface area (Å²) in [6, 6.07) is 3.62. The summed E-state index contributed by atoms with van der Waals surface area (Å²) in [6.45, 7) is 3.43. The lowest BCUT2D eigenvalue weighted by Gasteiger charge is -2.18. The number of phenolic OH excluding ortho intramolecular Hbond substituents is 1. The predicted octanol–water partition coefficient (Wildman–Crippen LogP) is 2.31. The lowest BCUT2D eigenvalue weighted by molar-refractivity contribution is -0.140. The number of aromatic hydroxyl groups is 1. The zero-order valence-electron chi connectivity index (χ0n) is 12.8. The molecule has 1 atom stereocenters. The maximum Gasteiger partial charge on any atom is 0.326 e. The highest BCUT2D eigenvalue weighted by Crippen LogP contribution is 2.34. The summed E-state index contributed by atoms with van der Waals surface area (Å²) in [4.78, 5) is 24.0. The van der Waals surface area contributed by atoms with Crippen LogP contribution in [-0.2, 0) is 11.2 Å². The first-order valence-electron chi connectivity index (χ1n) is 7.09. The molecular formula is C16H19NO5. The van der Waals surface area contributed by atoms with E-state index in [-0.39, 0.29) is 11.5 Å². The molecule has 0 aliphatic heterocycles. The predicted molar refractivity (Wildman–Crippen MR) is 82.8 cm³/mol. The van der Waals surface area contributed by atoms with Crippen LogP contribution >= 0.6 is 0 Å². The fourth-order valence-electron chi connectivity index (χ4n) is 2.61. The zero-order valence-corrected chi connectivity index (χ0v) is 12.8. The van der Waals surface area contributed by atoms with Crippen molar-refractivity contribution in [2.24, 2.45) is 0 Å². The van der Waals surface area contributed by atoms with Gasteiger partial charge in [0.05, 0.1) is 12.5 Å². The van der Waals surface area contributed by atoms with Gasteiger partial charge in [-0.2, -0.15) is 0 Å². The molecule has 6 heteroatoms. The fraction of sp³-hybridized carbons (Fsp3) is 0.375. The first-order valence-corrected chi connectivity index (χ1v) is 7.09. The van der Waals surface area contributed by atoms with Crippen LogP contribution in [0.4, 0.5) is 0 Å². The summed E-state index contributed by atoms with van der Waals surface area (Å²) in [5.74, 6) is -0.896. The number of carbonyl (C=O) groups is 1. The van der Waals surface area contributed by atoms with Crippen molar-refractivity contribution in [2.75, 3.05) is 7.11 Å². The molecule has 118 valence electrons. The summed E-state index contributed by atoms with van der Waals surface area (Å²) >= 11 is 0. The third-order valence-electron chi connectivity index (χ3n) is 3.70. The van der Waals surface area contributed by atoms with Crippen molar-refractivity contribution in [1.82, 2.24) is 4.57 Å². The summed E-state index contributed by atoms with van der Waals surface area (Å²) < 4.78 is 6.48. The standard InChI is InChI=1S/C16H19NO5/c1-4-5-10-8-12-11(6-7-13(18)14(12)22-3)15(19)17(10)9(2)16(20)21/h6-9,18H,4-5H2,1-3H3,(H,20,21). The number of carboxylic acid groups (broad SMARTS) is 1. The van der Waals surface area contributed by atoms with E-state index in [1.54, 1.807) is 6.07 Å². The lowest BCUT2D eigenvalue weighted by Crippen LogP contribution is -2.30. The zero-order chi connectivity index (χ0) is 16.4. The molecular weight excluding hydrogens is 286 g/mol. The highest BCUT2D eigenvalue weighted by molar-refractivity contribution is 5.90. The van der Waals surface area contributed by atoms with Crippen molar-refractivity contribution in [3.63, 3.8) is 0 Å². The third-order valence-corrected chi connectivity index (χ3v) is 3.70. The summed E-state index contributed by atoms with van der Waals surface area (Å²) in [5.41, 5.74) is 0.216. The molecule has 2 aromatic rings. The molecule has 1 heterocycles. The molecule has 2 rings (SSSR count). The van der Waals surface area contributed by atoms with E-state index < -0.39 is 17.6 Å². The van der Waals surface area contributed by atoms with Gasteiger partial charge < -0.3 is 14.9 Å². The van der Waals surface area contributed by atoms with Crippen molar-refractivity contribution >= 4 is 16.7 Å². The number of fused-ring (bicyclic) bond motifs is 1. The number of ether oxygens (including phenoxy) is 1. The minimum Gasteiger partial charge on any atom is -0.504 e. The Morgan fingerprint density at radius 2 is 2.05 bits per heavy atom. The van der Waals surface area contributed by atoms with Crippen LogP contribution in [-0.4, -0.2) is 27.9 Å². The van der Waals surface area contributed by atoms with E-state index in [1.165, 1.54) is 30.7 Å². The van der Waals surface area contributed by atoms with Gasteiger partial charge in [0, 0.05) is 11.1 Å². The highest BCUT2D eigenvalue weighted by Gasteiger charge is 2.21. The SMILES string of the molecule is CCCc1cc2c(OC)c(O)ccc2c(=O)n1C(C)C(=O)O. The van der Waals surface area contributed by atoms with Gasteiger partial charge in [-0.1, -0.05) is 13.3 Å². The van der Waals surface area contributed by atoms with E-state index in [1.807, 2.05) is 6.92 Å². The van der Waals surface area contributed by atoms with Crippen LogP contribution in [0.15, 0.2) is 23.0 Å². The summed E-state index contributed by atoms with van der Waals surface area (Å²) in [7, 11) is 1.42. The Kier molecular flexibility index (Phi) is 4.40. The number of rotatable bonds is 5. The molecule has 0 aliphatic rings. The number of aryl methyl sites for hydroxylation is 1. The van der Waals surface area contributed by atoms with Gasteiger partial charge in [-0.15, -0.1) is 0 Å². The van der Waals surface area contributed by atoms with E-state index in [2.05, 4.69) is 0 Å². The van der Waals surface area contributed by atoms with Crippen LogP contribution < -0.4 is 10.3 Å². The largest absolute Gasteiger partial charge is 0.504 e. The smallest absolute Gasteiger partial charge is 0.326 e. The Morgan fingerprint density at radius 1 is 1.36 bits per heavy atom. The summed E-state index contributed by atoms with van der Waals surface area (Å²) in [5, 5.41) is 19.9. The van der Waals surface area contributed by atoms with Gasteiger partial charge in [-0.25, -0.2) is 4.79 Å². The Labute approximate surface area is 127 Å². The van der Waals surface area contributed by atoms with Crippen LogP contribution in [0.3, 0.4) is 0 Å². The molecule has 0 saturated heterocycles. The Morgan fingerprint density at radius 3 is 2.59 bits per heavy atom. The molecule has 1 aromatic carbocycles. The van der Waals surface area contributed by atoms with Gasteiger partial charge in [0.1, 0.15) is 6.04 Å². The van der Waals surface area contributed by atoms with Crippen LogP contribution in [0.2, 0.25) is 0 Å². The Hall–Kier alpha value is -2.50. The second kappa shape index (κ2) is 6.09. The molecule has 0 bridgehead atoms. The number of phenols is 1. The molecule has 0 saturated carbocycles. The first-order chi connectivity index (χ1) is 10.4. The van der Waals surface area contributed by atoms with Gasteiger partial charge in [-0.05, 0) is 31.5 Å². The molecule has 0 amide bonds. The van der Waals surface area contributed by atoms with Gasteiger partial charge in [0.2, 0.25) is 0 Å². The van der Waals surface area contributed by atoms with E-state index in [0.717, 1.165) is 6.42 Å². The van der Waals surface area contributed by atoms with Crippen LogP contribution in [0, 0.1) is 0 Å². The maximum atomic E-state index is 12.7. The maximum absolute atomic E-state index is 12.7. The van der Waals surface area contributed by atoms with Crippen LogP contribution in [0.5, 0.6) is 11.5 Å². The molecule has 0 aliphatic carbocycles. The van der Waals surface area contributed by atoms with Crippen molar-refractivity contribution in [2.45, 2.75) is 32.7 Å². The number of pyridine rings is 1. The van der Waals surface area contributed by atoms with E-state index in [9.17, 15) is 19.8 Å². The fourth-order valence-corrected chi connectivity index (χ4v) is 2.61. The molecule has 6 nitrogen and oxygen atoms in total. The van der Waals surface area contributed by atoms with E-state index in [4.69, 9.17) is 4.74 Å². The minimum absolute atomic E-state index is 0.0547. The quantitative estimate of drug-likeness (QED) is 0.885. The second-order valence-electron chi connectivity index (χ2n) is 5.15. The third kappa shape index (κ3) is 2.52. The normalized spacial score (nSPS) is 12.3. The monoisotopic (exact) mass is 305 g/mol. The first kappa shape index (κ1) is 15.9. The number of aliphatic carboxylic acids is 1. The van der Waals surface area contributed by atoms with Gasteiger partial charge in [0.15, 0.2) is 11.5 Å².